The molecule has 1 fully saturated rings. The molecule has 0 saturated carbocycles. The highest BCUT2D eigenvalue weighted by Crippen LogP contribution is 2.56. The molecule has 0 N–H and O–H groups in total. The van der Waals surface area contributed by atoms with Crippen molar-refractivity contribution in [3.05, 3.63) is 23.8 Å². The van der Waals surface area contributed by atoms with Gasteiger partial charge in [0.2, 0.25) is 6.79 Å². The molecule has 19 heavy (non-hydrogen) atoms. The fraction of sp³-hybridized carbons (Fsp3) is 0.571. The fourth-order valence-electron chi connectivity index (χ4n) is 2.67. The zero-order valence-corrected chi connectivity index (χ0v) is 14.3. The van der Waals surface area contributed by atoms with Gasteiger partial charge in [-0.2, -0.15) is 0 Å². The lowest BCUT2D eigenvalue weighted by atomic mass is 10.2. The average Bonchev–Trinajstić information content (AvgIpc) is 2.85. The van der Waals surface area contributed by atoms with Crippen molar-refractivity contribution >= 4 is 31.6 Å². The van der Waals surface area contributed by atoms with Gasteiger partial charge in [-0.25, -0.2) is 0 Å². The summed E-state index contributed by atoms with van der Waals surface area (Å²) in [6, 6.07) is 6.54. The van der Waals surface area contributed by atoms with Crippen molar-refractivity contribution in [2.24, 2.45) is 0 Å². The van der Waals surface area contributed by atoms with Gasteiger partial charge in [-0.3, -0.25) is 0 Å². The first-order chi connectivity index (χ1) is 9.03. The Morgan fingerprint density at radius 3 is 2.42 bits per heavy atom. The lowest BCUT2D eigenvalue weighted by Gasteiger charge is -2.45. The molecular formula is C14H20O2S2Si. The van der Waals surface area contributed by atoms with E-state index < -0.39 is 8.07 Å². The van der Waals surface area contributed by atoms with E-state index in [4.69, 9.17) is 9.47 Å². The third-order valence-electron chi connectivity index (χ3n) is 3.64. The SMILES string of the molecule is C[Si](C)(C)C1(c2ccc3c(c2)OCO3)SCCCS1. The van der Waals surface area contributed by atoms with Crippen LogP contribution < -0.4 is 9.47 Å². The molecule has 0 aromatic heterocycles. The van der Waals surface area contributed by atoms with Crippen LogP contribution >= 0.6 is 23.5 Å². The van der Waals surface area contributed by atoms with E-state index in [1.807, 2.05) is 0 Å². The lowest BCUT2D eigenvalue weighted by molar-refractivity contribution is 0.174. The van der Waals surface area contributed by atoms with Gasteiger partial charge < -0.3 is 9.47 Å². The molecule has 104 valence electrons. The van der Waals surface area contributed by atoms with Gasteiger partial charge in [0.1, 0.15) is 0 Å². The standard InChI is InChI=1S/C14H20O2S2Si/c1-19(2,3)14(17-7-4-8-18-14)11-5-6-12-13(9-11)16-10-15-12/h5-6,9H,4,7-8,10H2,1-3H3. The zero-order valence-electron chi connectivity index (χ0n) is 11.7. The third kappa shape index (κ3) is 2.30. The second-order valence-corrected chi connectivity index (χ2v) is 14.8. The van der Waals surface area contributed by atoms with Crippen molar-refractivity contribution in [3.63, 3.8) is 0 Å². The average molecular weight is 313 g/mol. The molecule has 0 unspecified atom stereocenters. The summed E-state index contributed by atoms with van der Waals surface area (Å²) in [6.07, 6.45) is 1.33. The van der Waals surface area contributed by atoms with Crippen LogP contribution in [0.4, 0.5) is 0 Å². The predicted octanol–water partition coefficient (Wildman–Crippen LogP) is 4.32. The van der Waals surface area contributed by atoms with Crippen LogP contribution in [-0.4, -0.2) is 26.4 Å². The van der Waals surface area contributed by atoms with Crippen molar-refractivity contribution in [2.75, 3.05) is 18.3 Å². The van der Waals surface area contributed by atoms with Crippen LogP contribution in [0.15, 0.2) is 18.2 Å². The van der Waals surface area contributed by atoms with Crippen LogP contribution in [0, 0.1) is 0 Å². The summed E-state index contributed by atoms with van der Waals surface area (Å²) in [5.41, 5.74) is 1.42. The molecule has 2 nitrogen and oxygen atoms in total. The van der Waals surface area contributed by atoms with Crippen molar-refractivity contribution < 1.29 is 9.47 Å². The van der Waals surface area contributed by atoms with Gasteiger partial charge in [-0.05, 0) is 35.6 Å². The van der Waals surface area contributed by atoms with Crippen molar-refractivity contribution in [3.8, 4) is 11.5 Å². The number of hydrogen-bond acceptors (Lipinski definition) is 4. The topological polar surface area (TPSA) is 18.5 Å². The second-order valence-electron chi connectivity index (χ2n) is 5.99. The fourth-order valence-corrected chi connectivity index (χ4v) is 10.5. The summed E-state index contributed by atoms with van der Waals surface area (Å²) in [4.78, 5) is 0. The monoisotopic (exact) mass is 312 g/mol. The van der Waals surface area contributed by atoms with Gasteiger partial charge in [-0.1, -0.05) is 25.7 Å². The van der Waals surface area contributed by atoms with Crippen LogP contribution in [0.2, 0.25) is 19.6 Å². The van der Waals surface area contributed by atoms with Crippen LogP contribution in [0.3, 0.4) is 0 Å². The maximum atomic E-state index is 5.56. The van der Waals surface area contributed by atoms with Crippen molar-refractivity contribution in [1.82, 2.24) is 0 Å². The predicted molar refractivity (Wildman–Crippen MR) is 87.1 cm³/mol. The van der Waals surface area contributed by atoms with Crippen LogP contribution in [0.25, 0.3) is 0 Å². The number of ether oxygens (including phenoxy) is 2. The van der Waals surface area contributed by atoms with E-state index >= 15 is 0 Å². The quantitative estimate of drug-likeness (QED) is 0.757. The van der Waals surface area contributed by atoms with Gasteiger partial charge in [0.15, 0.2) is 11.5 Å². The molecular weight excluding hydrogens is 292 g/mol. The van der Waals surface area contributed by atoms with Gasteiger partial charge >= 0.3 is 0 Å². The number of hydrogen-bond donors (Lipinski definition) is 0. The van der Waals surface area contributed by atoms with E-state index in [0.717, 1.165) is 11.5 Å². The molecule has 1 aromatic carbocycles. The number of benzene rings is 1. The molecule has 0 bridgehead atoms. The Balaban J connectivity index is 2.05. The first kappa shape index (κ1) is 13.7. The van der Waals surface area contributed by atoms with Crippen LogP contribution in [0.1, 0.15) is 12.0 Å². The van der Waals surface area contributed by atoms with Gasteiger partial charge in [-0.15, -0.1) is 23.5 Å². The first-order valence-corrected chi connectivity index (χ1v) is 12.2. The molecule has 0 radical (unpaired) electrons. The van der Waals surface area contributed by atoms with Gasteiger partial charge in [0.05, 0.1) is 11.8 Å². The Bertz CT molecular complexity index is 479. The van der Waals surface area contributed by atoms with Gasteiger partial charge in [0, 0.05) is 0 Å². The summed E-state index contributed by atoms with van der Waals surface area (Å²) >= 11 is 4.29. The summed E-state index contributed by atoms with van der Waals surface area (Å²) in [5.74, 6) is 4.35. The van der Waals surface area contributed by atoms with E-state index in [2.05, 4.69) is 61.4 Å². The highest BCUT2D eigenvalue weighted by molar-refractivity contribution is 8.20. The molecule has 0 atom stereocenters. The molecule has 1 aromatic rings. The summed E-state index contributed by atoms with van der Waals surface area (Å²) < 4.78 is 11.3. The number of fused-ring (bicyclic) bond motifs is 1. The zero-order chi connectivity index (χ0) is 13.5. The van der Waals surface area contributed by atoms with E-state index in [1.165, 1.54) is 23.5 Å². The molecule has 5 heteroatoms. The van der Waals surface area contributed by atoms with Crippen molar-refractivity contribution in [1.29, 1.82) is 0 Å². The molecule has 2 aliphatic rings. The minimum absolute atomic E-state index is 0.256. The van der Waals surface area contributed by atoms with Crippen molar-refractivity contribution in [2.45, 2.75) is 29.8 Å². The number of thioether (sulfide) groups is 2. The molecule has 0 spiro atoms. The first-order valence-electron chi connectivity index (χ1n) is 6.71. The second kappa shape index (κ2) is 4.93. The molecule has 0 amide bonds. The van der Waals surface area contributed by atoms with Crippen LogP contribution in [0.5, 0.6) is 11.5 Å². The van der Waals surface area contributed by atoms with E-state index in [9.17, 15) is 0 Å². The van der Waals surface area contributed by atoms with E-state index in [-0.39, 0.29) is 3.70 Å². The Morgan fingerprint density at radius 2 is 1.74 bits per heavy atom. The third-order valence-corrected chi connectivity index (χ3v) is 13.4. The summed E-state index contributed by atoms with van der Waals surface area (Å²) in [7, 11) is -1.35. The molecule has 1 saturated heterocycles. The Labute approximate surface area is 124 Å². The highest BCUT2D eigenvalue weighted by Gasteiger charge is 2.47. The molecule has 2 aliphatic heterocycles. The Hall–Kier alpha value is -0.263. The molecule has 0 aliphatic carbocycles. The van der Waals surface area contributed by atoms with E-state index in [0.29, 0.717) is 6.79 Å². The van der Waals surface area contributed by atoms with Crippen LogP contribution in [-0.2, 0) is 3.70 Å². The number of rotatable bonds is 2. The Morgan fingerprint density at radius 1 is 1.05 bits per heavy atom. The van der Waals surface area contributed by atoms with Gasteiger partial charge in [0.25, 0.3) is 0 Å². The normalized spacial score (nSPS) is 21.4. The summed E-state index contributed by atoms with van der Waals surface area (Å²) in [5, 5.41) is 0. The molecule has 2 heterocycles. The molecule has 3 rings (SSSR count). The summed E-state index contributed by atoms with van der Waals surface area (Å²) in [6.45, 7) is 7.79. The minimum atomic E-state index is -1.35. The lowest BCUT2D eigenvalue weighted by Crippen LogP contribution is -2.46. The highest BCUT2D eigenvalue weighted by atomic mass is 32.2. The largest absolute Gasteiger partial charge is 0.454 e. The Kier molecular flexibility index (Phi) is 3.56. The minimum Gasteiger partial charge on any atom is -0.454 e. The maximum absolute atomic E-state index is 5.56. The maximum Gasteiger partial charge on any atom is 0.231 e. The smallest absolute Gasteiger partial charge is 0.231 e. The van der Waals surface area contributed by atoms with E-state index in [1.54, 1.807) is 0 Å².